The van der Waals surface area contributed by atoms with Gasteiger partial charge in [-0.1, -0.05) is 32.0 Å². The topological polar surface area (TPSA) is 69.7 Å². The molecule has 1 aromatic rings. The largest absolute Gasteiger partial charge is 0.345 e. The van der Waals surface area contributed by atoms with Crippen LogP contribution in [0.15, 0.2) is 30.3 Å². The molecule has 1 atom stereocenters. The summed E-state index contributed by atoms with van der Waals surface area (Å²) in [6, 6.07) is 8.87. The number of nitrogens with zero attached hydrogens (tertiary/aromatic N) is 2. The number of benzene rings is 1. The van der Waals surface area contributed by atoms with E-state index >= 15 is 0 Å². The number of carbonyl (C=O) groups is 3. The van der Waals surface area contributed by atoms with Crippen LogP contribution >= 0.6 is 0 Å². The predicted octanol–water partition coefficient (Wildman–Crippen LogP) is 1.41. The second kappa shape index (κ2) is 7.95. The van der Waals surface area contributed by atoms with Crippen molar-refractivity contribution in [3.63, 3.8) is 0 Å². The lowest BCUT2D eigenvalue weighted by atomic mass is 10.0. The van der Waals surface area contributed by atoms with Crippen molar-refractivity contribution in [3.8, 4) is 0 Å². The zero-order valence-electron chi connectivity index (χ0n) is 14.5. The Morgan fingerprint density at radius 2 is 1.83 bits per heavy atom. The SMILES string of the molecule is CC(=O)N[C@@H](CC(C)C)C(=O)N1CCN(c2ccccc2)C(=O)C1. The lowest BCUT2D eigenvalue weighted by Crippen LogP contribution is -2.57. The van der Waals surface area contributed by atoms with E-state index in [1.54, 1.807) is 9.80 Å². The van der Waals surface area contributed by atoms with Gasteiger partial charge in [0, 0.05) is 25.7 Å². The van der Waals surface area contributed by atoms with E-state index in [1.165, 1.54) is 6.92 Å². The van der Waals surface area contributed by atoms with Gasteiger partial charge in [0.2, 0.25) is 17.7 Å². The van der Waals surface area contributed by atoms with E-state index < -0.39 is 6.04 Å². The van der Waals surface area contributed by atoms with Crippen molar-refractivity contribution in [2.75, 3.05) is 24.5 Å². The third kappa shape index (κ3) is 4.57. The van der Waals surface area contributed by atoms with Crippen LogP contribution in [-0.2, 0) is 14.4 Å². The van der Waals surface area contributed by atoms with Crippen molar-refractivity contribution < 1.29 is 14.4 Å². The molecule has 6 heteroatoms. The Morgan fingerprint density at radius 3 is 2.38 bits per heavy atom. The predicted molar refractivity (Wildman–Crippen MR) is 92.4 cm³/mol. The zero-order chi connectivity index (χ0) is 17.7. The second-order valence-corrected chi connectivity index (χ2v) is 6.52. The van der Waals surface area contributed by atoms with Gasteiger partial charge in [0.1, 0.15) is 12.6 Å². The molecule has 1 aliphatic heterocycles. The average molecular weight is 331 g/mol. The first-order valence-electron chi connectivity index (χ1n) is 8.29. The van der Waals surface area contributed by atoms with Gasteiger partial charge < -0.3 is 15.1 Å². The summed E-state index contributed by atoms with van der Waals surface area (Å²) in [5.74, 6) is -0.248. The summed E-state index contributed by atoms with van der Waals surface area (Å²) in [5, 5.41) is 2.71. The first kappa shape index (κ1) is 18.0. The number of nitrogens with one attached hydrogen (secondary N) is 1. The molecule has 0 spiro atoms. The van der Waals surface area contributed by atoms with Gasteiger partial charge >= 0.3 is 0 Å². The Balaban J connectivity index is 2.04. The molecule has 1 aliphatic rings. The summed E-state index contributed by atoms with van der Waals surface area (Å²) in [4.78, 5) is 39.7. The fourth-order valence-electron chi connectivity index (χ4n) is 2.90. The third-order valence-electron chi connectivity index (χ3n) is 3.98. The van der Waals surface area contributed by atoms with Crippen LogP contribution in [0.3, 0.4) is 0 Å². The van der Waals surface area contributed by atoms with E-state index in [1.807, 2.05) is 44.2 Å². The van der Waals surface area contributed by atoms with E-state index in [0.717, 1.165) is 5.69 Å². The molecule has 2 rings (SSSR count). The van der Waals surface area contributed by atoms with Gasteiger partial charge in [-0.15, -0.1) is 0 Å². The highest BCUT2D eigenvalue weighted by atomic mass is 16.2. The fourth-order valence-corrected chi connectivity index (χ4v) is 2.90. The van der Waals surface area contributed by atoms with Crippen molar-refractivity contribution in [1.29, 1.82) is 0 Å². The standard InChI is InChI=1S/C18H25N3O3/c1-13(2)11-16(19-14(3)22)18(24)20-9-10-21(17(23)12-20)15-7-5-4-6-8-15/h4-8,13,16H,9-12H2,1-3H3,(H,19,22)/t16-/m0/s1. The van der Waals surface area contributed by atoms with Crippen LogP contribution < -0.4 is 10.2 Å². The maximum Gasteiger partial charge on any atom is 0.246 e. The highest BCUT2D eigenvalue weighted by molar-refractivity contribution is 5.99. The number of anilines is 1. The summed E-state index contributed by atoms with van der Waals surface area (Å²) in [5.41, 5.74) is 0.843. The molecular formula is C18H25N3O3. The monoisotopic (exact) mass is 331 g/mol. The van der Waals surface area contributed by atoms with Crippen LogP contribution in [0.1, 0.15) is 27.2 Å². The van der Waals surface area contributed by atoms with E-state index in [4.69, 9.17) is 0 Å². The molecule has 1 N–H and O–H groups in total. The number of amides is 3. The normalized spacial score (nSPS) is 16.2. The lowest BCUT2D eigenvalue weighted by molar-refractivity contribution is -0.140. The van der Waals surface area contributed by atoms with E-state index in [-0.39, 0.29) is 30.2 Å². The Hall–Kier alpha value is -2.37. The van der Waals surface area contributed by atoms with Gasteiger partial charge in [0.25, 0.3) is 0 Å². The molecule has 0 aliphatic carbocycles. The van der Waals surface area contributed by atoms with Crippen molar-refractivity contribution >= 4 is 23.4 Å². The molecule has 1 fully saturated rings. The van der Waals surface area contributed by atoms with Gasteiger partial charge in [-0.2, -0.15) is 0 Å². The molecule has 130 valence electrons. The first-order chi connectivity index (χ1) is 11.4. The van der Waals surface area contributed by atoms with Crippen LogP contribution in [-0.4, -0.2) is 48.3 Å². The lowest BCUT2D eigenvalue weighted by Gasteiger charge is -2.36. The molecule has 0 bridgehead atoms. The third-order valence-corrected chi connectivity index (χ3v) is 3.98. The summed E-state index contributed by atoms with van der Waals surface area (Å²) in [6.45, 7) is 6.37. The maximum absolute atomic E-state index is 12.7. The summed E-state index contributed by atoms with van der Waals surface area (Å²) < 4.78 is 0. The number of rotatable bonds is 5. The number of carbonyl (C=O) groups excluding carboxylic acids is 3. The molecule has 1 saturated heterocycles. The van der Waals surface area contributed by atoms with Crippen molar-refractivity contribution in [2.45, 2.75) is 33.2 Å². The van der Waals surface area contributed by atoms with Crippen LogP contribution in [0.4, 0.5) is 5.69 Å². The minimum absolute atomic E-state index is 0.0436. The van der Waals surface area contributed by atoms with Crippen LogP contribution in [0.25, 0.3) is 0 Å². The Labute approximate surface area is 142 Å². The maximum atomic E-state index is 12.7. The van der Waals surface area contributed by atoms with Gasteiger partial charge in [-0.25, -0.2) is 0 Å². The van der Waals surface area contributed by atoms with Gasteiger partial charge in [0.15, 0.2) is 0 Å². The summed E-state index contributed by atoms with van der Waals surface area (Å²) in [6.07, 6.45) is 0.561. The smallest absolute Gasteiger partial charge is 0.246 e. The average Bonchev–Trinajstić information content (AvgIpc) is 2.53. The van der Waals surface area contributed by atoms with E-state index in [9.17, 15) is 14.4 Å². The van der Waals surface area contributed by atoms with E-state index in [0.29, 0.717) is 19.5 Å². The molecule has 1 heterocycles. The molecule has 0 unspecified atom stereocenters. The van der Waals surface area contributed by atoms with Crippen molar-refractivity contribution in [1.82, 2.24) is 10.2 Å². The van der Waals surface area contributed by atoms with Gasteiger partial charge in [-0.3, -0.25) is 14.4 Å². The van der Waals surface area contributed by atoms with Gasteiger partial charge in [0.05, 0.1) is 0 Å². The number of hydrogen-bond acceptors (Lipinski definition) is 3. The molecule has 0 saturated carbocycles. The number of piperazine rings is 1. The van der Waals surface area contributed by atoms with Crippen LogP contribution in [0.5, 0.6) is 0 Å². The van der Waals surface area contributed by atoms with Gasteiger partial charge in [-0.05, 0) is 24.5 Å². The number of hydrogen-bond donors (Lipinski definition) is 1. The fraction of sp³-hybridized carbons (Fsp3) is 0.500. The molecule has 24 heavy (non-hydrogen) atoms. The van der Waals surface area contributed by atoms with Crippen molar-refractivity contribution in [3.05, 3.63) is 30.3 Å². The van der Waals surface area contributed by atoms with Crippen molar-refractivity contribution in [2.24, 2.45) is 5.92 Å². The Bertz CT molecular complexity index is 601. The molecule has 1 aromatic carbocycles. The highest BCUT2D eigenvalue weighted by Gasteiger charge is 2.32. The van der Waals surface area contributed by atoms with Crippen LogP contribution in [0.2, 0.25) is 0 Å². The molecule has 0 radical (unpaired) electrons. The Kier molecular flexibility index (Phi) is 5.95. The molecule has 3 amide bonds. The quantitative estimate of drug-likeness (QED) is 0.887. The number of para-hydroxylation sites is 1. The second-order valence-electron chi connectivity index (χ2n) is 6.52. The Morgan fingerprint density at radius 1 is 1.17 bits per heavy atom. The molecule has 6 nitrogen and oxygen atoms in total. The highest BCUT2D eigenvalue weighted by Crippen LogP contribution is 2.18. The molecular weight excluding hydrogens is 306 g/mol. The van der Waals surface area contributed by atoms with E-state index in [2.05, 4.69) is 5.32 Å². The summed E-state index contributed by atoms with van der Waals surface area (Å²) in [7, 11) is 0. The minimum Gasteiger partial charge on any atom is -0.345 e. The summed E-state index contributed by atoms with van der Waals surface area (Å²) >= 11 is 0. The molecule has 0 aromatic heterocycles. The first-order valence-corrected chi connectivity index (χ1v) is 8.29. The minimum atomic E-state index is -0.571. The van der Waals surface area contributed by atoms with Crippen LogP contribution in [0, 0.1) is 5.92 Å². The zero-order valence-corrected chi connectivity index (χ0v) is 14.5.